The van der Waals surface area contributed by atoms with Gasteiger partial charge in [-0.1, -0.05) is 6.07 Å². The number of halogens is 1. The van der Waals surface area contributed by atoms with Crippen LogP contribution < -0.4 is 10.5 Å². The van der Waals surface area contributed by atoms with E-state index < -0.39 is 10.0 Å². The molecule has 0 saturated carbocycles. The van der Waals surface area contributed by atoms with Gasteiger partial charge in [-0.3, -0.25) is 0 Å². The van der Waals surface area contributed by atoms with Crippen molar-refractivity contribution in [2.24, 2.45) is 5.73 Å². The van der Waals surface area contributed by atoms with Crippen molar-refractivity contribution < 1.29 is 8.42 Å². The Morgan fingerprint density at radius 2 is 2.15 bits per heavy atom. The van der Waals surface area contributed by atoms with Crippen LogP contribution in [0.2, 0.25) is 0 Å². The molecule has 0 fully saturated rings. The summed E-state index contributed by atoms with van der Waals surface area (Å²) in [6.45, 7) is 2.19. The average molecular weight is 375 g/mol. The number of benzene rings is 1. The van der Waals surface area contributed by atoms with Crippen LogP contribution in [0.4, 0.5) is 0 Å². The first-order chi connectivity index (χ1) is 9.44. The van der Waals surface area contributed by atoms with Gasteiger partial charge in [-0.05, 0) is 62.9 Å². The summed E-state index contributed by atoms with van der Waals surface area (Å²) in [5.74, 6) is 0. The Labute approximate surface area is 131 Å². The number of hydrogen-bond acceptors (Lipinski definition) is 4. The molecule has 0 radical (unpaired) electrons. The van der Waals surface area contributed by atoms with E-state index in [1.165, 1.54) is 11.3 Å². The number of nitrogens with two attached hydrogens (primary N) is 1. The largest absolute Gasteiger partial charge is 0.326 e. The molecular formula is C13H15BrN2O2S2. The Bertz CT molecular complexity index is 684. The van der Waals surface area contributed by atoms with Crippen LogP contribution in [0.15, 0.2) is 44.4 Å². The van der Waals surface area contributed by atoms with Gasteiger partial charge in [0.15, 0.2) is 0 Å². The van der Waals surface area contributed by atoms with Gasteiger partial charge in [0.05, 0.1) is 4.90 Å². The predicted molar refractivity (Wildman–Crippen MR) is 85.1 cm³/mol. The first-order valence-electron chi connectivity index (χ1n) is 5.97. The number of sulfonamides is 1. The average Bonchev–Trinajstić information content (AvgIpc) is 2.91. The minimum atomic E-state index is -3.57. The SMILES string of the molecule is CC(NS(=O)(=O)c1ccc(CN)cc1Br)c1ccsc1. The van der Waals surface area contributed by atoms with Gasteiger partial charge in [0.2, 0.25) is 10.0 Å². The Kier molecular flexibility index (Phi) is 4.98. The molecule has 3 N–H and O–H groups in total. The van der Waals surface area contributed by atoms with E-state index in [0.29, 0.717) is 11.0 Å². The zero-order valence-corrected chi connectivity index (χ0v) is 14.1. The molecule has 20 heavy (non-hydrogen) atoms. The van der Waals surface area contributed by atoms with Crippen molar-refractivity contribution in [2.75, 3.05) is 0 Å². The Morgan fingerprint density at radius 1 is 1.40 bits per heavy atom. The van der Waals surface area contributed by atoms with Crippen LogP contribution >= 0.6 is 27.3 Å². The summed E-state index contributed by atoms with van der Waals surface area (Å²) in [5, 5.41) is 3.85. The van der Waals surface area contributed by atoms with Crippen LogP contribution in [-0.2, 0) is 16.6 Å². The molecule has 2 rings (SSSR count). The quantitative estimate of drug-likeness (QED) is 0.844. The van der Waals surface area contributed by atoms with E-state index in [-0.39, 0.29) is 10.9 Å². The molecule has 2 aromatic rings. The van der Waals surface area contributed by atoms with Crippen molar-refractivity contribution in [3.05, 3.63) is 50.6 Å². The van der Waals surface area contributed by atoms with E-state index in [9.17, 15) is 8.42 Å². The fourth-order valence-corrected chi connectivity index (χ4v) is 4.89. The molecule has 0 saturated heterocycles. The van der Waals surface area contributed by atoms with Crippen molar-refractivity contribution in [3.8, 4) is 0 Å². The fraction of sp³-hybridized carbons (Fsp3) is 0.231. The van der Waals surface area contributed by atoms with E-state index in [0.717, 1.165) is 11.1 Å². The van der Waals surface area contributed by atoms with Crippen LogP contribution in [0.25, 0.3) is 0 Å². The summed E-state index contributed by atoms with van der Waals surface area (Å²) in [7, 11) is -3.57. The highest BCUT2D eigenvalue weighted by molar-refractivity contribution is 9.10. The highest BCUT2D eigenvalue weighted by Crippen LogP contribution is 2.25. The highest BCUT2D eigenvalue weighted by Gasteiger charge is 2.21. The molecule has 0 spiro atoms. The standard InChI is InChI=1S/C13H15BrN2O2S2/c1-9(11-4-5-19-8-11)16-20(17,18)13-3-2-10(7-15)6-12(13)14/h2-6,8-9,16H,7,15H2,1H3. The van der Waals surface area contributed by atoms with Crippen molar-refractivity contribution in [3.63, 3.8) is 0 Å². The van der Waals surface area contributed by atoms with E-state index in [1.54, 1.807) is 18.2 Å². The molecular weight excluding hydrogens is 360 g/mol. The van der Waals surface area contributed by atoms with Gasteiger partial charge in [-0.15, -0.1) is 0 Å². The van der Waals surface area contributed by atoms with E-state index in [2.05, 4.69) is 20.7 Å². The van der Waals surface area contributed by atoms with Gasteiger partial charge in [0.25, 0.3) is 0 Å². The normalized spacial score (nSPS) is 13.3. The topological polar surface area (TPSA) is 72.2 Å². The zero-order valence-electron chi connectivity index (χ0n) is 10.8. The first kappa shape index (κ1) is 15.7. The smallest absolute Gasteiger partial charge is 0.242 e. The molecule has 1 heterocycles. The van der Waals surface area contributed by atoms with E-state index in [4.69, 9.17) is 5.73 Å². The Hall–Kier alpha value is -0.730. The third kappa shape index (κ3) is 3.48. The second-order valence-corrected chi connectivity index (χ2v) is 7.69. The molecule has 7 heteroatoms. The van der Waals surface area contributed by atoms with Gasteiger partial charge in [0, 0.05) is 17.1 Å². The lowest BCUT2D eigenvalue weighted by Crippen LogP contribution is -2.27. The number of thiophene rings is 1. The van der Waals surface area contributed by atoms with Gasteiger partial charge in [-0.2, -0.15) is 11.3 Å². The molecule has 1 atom stereocenters. The molecule has 0 aliphatic rings. The lowest BCUT2D eigenvalue weighted by atomic mass is 10.2. The molecule has 1 unspecified atom stereocenters. The van der Waals surface area contributed by atoms with Gasteiger partial charge < -0.3 is 5.73 Å². The molecule has 1 aromatic heterocycles. The fourth-order valence-electron chi connectivity index (χ4n) is 1.77. The van der Waals surface area contributed by atoms with E-state index >= 15 is 0 Å². The molecule has 0 aliphatic heterocycles. The first-order valence-corrected chi connectivity index (χ1v) is 9.19. The summed E-state index contributed by atoms with van der Waals surface area (Å²) >= 11 is 4.83. The highest BCUT2D eigenvalue weighted by atomic mass is 79.9. The van der Waals surface area contributed by atoms with Crippen LogP contribution in [0.5, 0.6) is 0 Å². The summed E-state index contributed by atoms with van der Waals surface area (Å²) < 4.78 is 28.0. The number of hydrogen-bond donors (Lipinski definition) is 2. The molecule has 0 bridgehead atoms. The monoisotopic (exact) mass is 374 g/mol. The maximum absolute atomic E-state index is 12.4. The molecule has 0 amide bonds. The molecule has 0 aliphatic carbocycles. The third-order valence-electron chi connectivity index (χ3n) is 2.90. The molecule has 1 aromatic carbocycles. The second kappa shape index (κ2) is 6.36. The van der Waals surface area contributed by atoms with Crippen LogP contribution in [-0.4, -0.2) is 8.42 Å². The van der Waals surface area contributed by atoms with Gasteiger partial charge in [-0.25, -0.2) is 13.1 Å². The lowest BCUT2D eigenvalue weighted by molar-refractivity contribution is 0.566. The zero-order chi connectivity index (χ0) is 14.8. The van der Waals surface area contributed by atoms with Gasteiger partial charge in [0.1, 0.15) is 0 Å². The number of rotatable bonds is 5. The minimum Gasteiger partial charge on any atom is -0.326 e. The predicted octanol–water partition coefficient (Wildman–Crippen LogP) is 3.01. The number of nitrogens with one attached hydrogen (secondary N) is 1. The summed E-state index contributed by atoms with van der Waals surface area (Å²) in [5.41, 5.74) is 7.37. The summed E-state index contributed by atoms with van der Waals surface area (Å²) in [6.07, 6.45) is 0. The molecule has 4 nitrogen and oxygen atoms in total. The Morgan fingerprint density at radius 3 is 2.70 bits per heavy atom. The minimum absolute atomic E-state index is 0.219. The lowest BCUT2D eigenvalue weighted by Gasteiger charge is -2.14. The van der Waals surface area contributed by atoms with Gasteiger partial charge >= 0.3 is 0 Å². The maximum Gasteiger partial charge on any atom is 0.242 e. The maximum atomic E-state index is 12.4. The summed E-state index contributed by atoms with van der Waals surface area (Å²) in [6, 6.07) is 6.64. The summed E-state index contributed by atoms with van der Waals surface area (Å²) in [4.78, 5) is 0.219. The van der Waals surface area contributed by atoms with Crippen molar-refractivity contribution in [1.82, 2.24) is 4.72 Å². The Balaban J connectivity index is 2.27. The van der Waals surface area contributed by atoms with Crippen LogP contribution in [0, 0.1) is 0 Å². The third-order valence-corrected chi connectivity index (χ3v) is 6.12. The van der Waals surface area contributed by atoms with Crippen molar-refractivity contribution in [1.29, 1.82) is 0 Å². The van der Waals surface area contributed by atoms with Crippen LogP contribution in [0.1, 0.15) is 24.1 Å². The second-order valence-electron chi connectivity index (χ2n) is 4.37. The van der Waals surface area contributed by atoms with Crippen molar-refractivity contribution in [2.45, 2.75) is 24.4 Å². The van der Waals surface area contributed by atoms with E-state index in [1.807, 2.05) is 23.8 Å². The van der Waals surface area contributed by atoms with Crippen molar-refractivity contribution >= 4 is 37.3 Å². The van der Waals surface area contributed by atoms with Crippen LogP contribution in [0.3, 0.4) is 0 Å². The molecule has 108 valence electrons.